The van der Waals surface area contributed by atoms with E-state index in [-0.39, 0.29) is 11.8 Å². The summed E-state index contributed by atoms with van der Waals surface area (Å²) >= 11 is 0. The van der Waals surface area contributed by atoms with Gasteiger partial charge in [-0.15, -0.1) is 0 Å². The van der Waals surface area contributed by atoms with Gasteiger partial charge in [-0.1, -0.05) is 6.07 Å². The molecule has 0 saturated carbocycles. The summed E-state index contributed by atoms with van der Waals surface area (Å²) in [5, 5.41) is 2.79. The lowest BCUT2D eigenvalue weighted by molar-refractivity contribution is -0.119. The summed E-state index contributed by atoms with van der Waals surface area (Å²) in [4.78, 5) is 25.7. The lowest BCUT2D eigenvalue weighted by Crippen LogP contribution is -2.35. The smallest absolute Gasteiger partial charge is 0.248 e. The van der Waals surface area contributed by atoms with Crippen molar-refractivity contribution in [1.29, 1.82) is 0 Å². The Kier molecular flexibility index (Phi) is 4.57. The van der Waals surface area contributed by atoms with Crippen LogP contribution in [0.3, 0.4) is 0 Å². The molecule has 0 radical (unpaired) electrons. The summed E-state index contributed by atoms with van der Waals surface area (Å²) < 4.78 is 5.13. The minimum absolute atomic E-state index is 0.137. The highest BCUT2D eigenvalue weighted by molar-refractivity contribution is 6.02. The van der Waals surface area contributed by atoms with Crippen LogP contribution in [0.5, 0.6) is 0 Å². The van der Waals surface area contributed by atoms with Gasteiger partial charge in [0.2, 0.25) is 11.8 Å². The van der Waals surface area contributed by atoms with Crippen molar-refractivity contribution in [2.24, 2.45) is 0 Å². The molecular weight excluding hydrogens is 292 g/mol. The van der Waals surface area contributed by atoms with Gasteiger partial charge in [0.15, 0.2) is 0 Å². The predicted octanol–water partition coefficient (Wildman–Crippen LogP) is 3.45. The van der Waals surface area contributed by atoms with Crippen LogP contribution in [-0.4, -0.2) is 18.4 Å². The Bertz CT molecular complexity index is 720. The zero-order chi connectivity index (χ0) is 16.1. The normalized spacial score (nSPS) is 15.1. The van der Waals surface area contributed by atoms with Crippen molar-refractivity contribution >= 4 is 29.3 Å². The fourth-order valence-electron chi connectivity index (χ4n) is 2.56. The van der Waals surface area contributed by atoms with Crippen molar-refractivity contribution in [1.82, 2.24) is 0 Å². The molecule has 2 aromatic rings. The molecule has 0 atom stereocenters. The highest BCUT2D eigenvalue weighted by Gasteiger charge is 2.19. The molecule has 1 saturated heterocycles. The number of nitrogens with zero attached hydrogens (tertiary/aromatic N) is 1. The molecule has 5 nitrogen and oxygen atoms in total. The van der Waals surface area contributed by atoms with E-state index in [1.165, 1.54) is 6.08 Å². The molecular formula is C18H18N2O3. The van der Waals surface area contributed by atoms with E-state index in [1.807, 2.05) is 18.2 Å². The van der Waals surface area contributed by atoms with Crippen LogP contribution in [0.1, 0.15) is 25.0 Å². The van der Waals surface area contributed by atoms with Crippen molar-refractivity contribution in [2.75, 3.05) is 16.8 Å². The molecule has 0 bridgehead atoms. The number of carbonyl (C=O) groups is 2. The first-order valence-electron chi connectivity index (χ1n) is 7.65. The van der Waals surface area contributed by atoms with E-state index in [0.29, 0.717) is 17.9 Å². The van der Waals surface area contributed by atoms with Crippen LogP contribution in [0.2, 0.25) is 0 Å². The number of hydrogen-bond donors (Lipinski definition) is 1. The van der Waals surface area contributed by atoms with Gasteiger partial charge < -0.3 is 14.6 Å². The fourth-order valence-corrected chi connectivity index (χ4v) is 2.56. The fraction of sp³-hybridized carbons (Fsp3) is 0.222. The van der Waals surface area contributed by atoms with Crippen LogP contribution in [0, 0.1) is 0 Å². The Labute approximate surface area is 134 Å². The third-order valence-electron chi connectivity index (χ3n) is 3.69. The van der Waals surface area contributed by atoms with Crippen molar-refractivity contribution in [2.45, 2.75) is 19.3 Å². The third kappa shape index (κ3) is 3.88. The van der Waals surface area contributed by atoms with Crippen molar-refractivity contribution in [3.63, 3.8) is 0 Å². The Morgan fingerprint density at radius 1 is 1.22 bits per heavy atom. The van der Waals surface area contributed by atoms with Gasteiger partial charge in [-0.05, 0) is 49.2 Å². The zero-order valence-corrected chi connectivity index (χ0v) is 12.7. The number of benzene rings is 1. The molecule has 1 aromatic carbocycles. The van der Waals surface area contributed by atoms with Crippen molar-refractivity contribution < 1.29 is 14.0 Å². The molecule has 1 fully saturated rings. The maximum atomic E-state index is 12.0. The van der Waals surface area contributed by atoms with Gasteiger partial charge in [0, 0.05) is 30.4 Å². The quantitative estimate of drug-likeness (QED) is 0.880. The topological polar surface area (TPSA) is 62.6 Å². The molecule has 1 N–H and O–H groups in total. The summed E-state index contributed by atoms with van der Waals surface area (Å²) in [6.07, 6.45) is 7.11. The second-order valence-electron chi connectivity index (χ2n) is 5.39. The summed E-state index contributed by atoms with van der Waals surface area (Å²) in [5.41, 5.74) is 1.48. The van der Waals surface area contributed by atoms with Crippen LogP contribution in [0.4, 0.5) is 11.4 Å². The first kappa shape index (κ1) is 15.1. The van der Waals surface area contributed by atoms with Gasteiger partial charge in [-0.3, -0.25) is 9.59 Å². The summed E-state index contributed by atoms with van der Waals surface area (Å²) in [6.45, 7) is 0.731. The molecule has 1 aromatic heterocycles. The van der Waals surface area contributed by atoms with E-state index < -0.39 is 0 Å². The van der Waals surface area contributed by atoms with E-state index in [0.717, 1.165) is 25.1 Å². The molecule has 0 spiro atoms. The molecule has 2 heterocycles. The number of hydrogen-bond acceptors (Lipinski definition) is 3. The Morgan fingerprint density at radius 2 is 2.13 bits per heavy atom. The molecule has 5 heteroatoms. The van der Waals surface area contributed by atoms with Crippen molar-refractivity contribution in [3.8, 4) is 0 Å². The molecule has 1 aliphatic heterocycles. The van der Waals surface area contributed by atoms with Gasteiger partial charge in [-0.25, -0.2) is 0 Å². The first-order valence-corrected chi connectivity index (χ1v) is 7.65. The van der Waals surface area contributed by atoms with E-state index in [2.05, 4.69) is 5.32 Å². The number of furan rings is 1. The minimum atomic E-state index is -0.247. The molecule has 23 heavy (non-hydrogen) atoms. The van der Waals surface area contributed by atoms with E-state index in [1.54, 1.807) is 35.4 Å². The lowest BCUT2D eigenvalue weighted by atomic mass is 10.1. The van der Waals surface area contributed by atoms with Gasteiger partial charge in [0.1, 0.15) is 5.76 Å². The SMILES string of the molecule is O=C(C=Cc1ccco1)Nc1cccc(N2CCCCC2=O)c1. The third-order valence-corrected chi connectivity index (χ3v) is 3.69. The Morgan fingerprint density at radius 3 is 2.91 bits per heavy atom. The van der Waals surface area contributed by atoms with Crippen LogP contribution in [0.25, 0.3) is 6.08 Å². The minimum Gasteiger partial charge on any atom is -0.465 e. The van der Waals surface area contributed by atoms with Crippen LogP contribution < -0.4 is 10.2 Å². The molecule has 1 aliphatic rings. The van der Waals surface area contributed by atoms with E-state index >= 15 is 0 Å². The number of anilines is 2. The number of carbonyl (C=O) groups excluding carboxylic acids is 2. The molecule has 0 unspecified atom stereocenters. The van der Waals surface area contributed by atoms with Crippen LogP contribution >= 0.6 is 0 Å². The second kappa shape index (κ2) is 6.96. The average Bonchev–Trinajstić information content (AvgIpc) is 3.07. The molecule has 2 amide bonds. The molecule has 118 valence electrons. The maximum absolute atomic E-state index is 12.0. The van der Waals surface area contributed by atoms with Crippen LogP contribution in [-0.2, 0) is 9.59 Å². The molecule has 0 aliphatic carbocycles. The average molecular weight is 310 g/mol. The highest BCUT2D eigenvalue weighted by Crippen LogP contribution is 2.23. The number of amides is 2. The van der Waals surface area contributed by atoms with Gasteiger partial charge in [0.25, 0.3) is 0 Å². The van der Waals surface area contributed by atoms with Gasteiger partial charge in [0.05, 0.1) is 6.26 Å². The highest BCUT2D eigenvalue weighted by atomic mass is 16.3. The second-order valence-corrected chi connectivity index (χ2v) is 5.39. The van der Waals surface area contributed by atoms with Crippen molar-refractivity contribution in [3.05, 3.63) is 54.5 Å². The largest absolute Gasteiger partial charge is 0.465 e. The monoisotopic (exact) mass is 310 g/mol. The molecule has 3 rings (SSSR count). The Hall–Kier alpha value is -2.82. The van der Waals surface area contributed by atoms with Gasteiger partial charge >= 0.3 is 0 Å². The summed E-state index contributed by atoms with van der Waals surface area (Å²) in [7, 11) is 0. The summed E-state index contributed by atoms with van der Waals surface area (Å²) in [6, 6.07) is 10.9. The number of piperidine rings is 1. The predicted molar refractivity (Wildman–Crippen MR) is 89.0 cm³/mol. The maximum Gasteiger partial charge on any atom is 0.248 e. The summed E-state index contributed by atoms with van der Waals surface area (Å²) in [5.74, 6) is 0.508. The zero-order valence-electron chi connectivity index (χ0n) is 12.7. The first-order chi connectivity index (χ1) is 11.2. The van der Waals surface area contributed by atoms with E-state index in [4.69, 9.17) is 4.42 Å². The Balaban J connectivity index is 1.67. The lowest BCUT2D eigenvalue weighted by Gasteiger charge is -2.27. The van der Waals surface area contributed by atoms with Crippen LogP contribution in [0.15, 0.2) is 53.2 Å². The number of rotatable bonds is 4. The van der Waals surface area contributed by atoms with E-state index in [9.17, 15) is 9.59 Å². The standard InChI is InChI=1S/C18H18N2O3/c21-17(10-9-16-7-4-12-23-16)19-14-5-3-6-15(13-14)20-11-2-1-8-18(20)22/h3-7,9-10,12-13H,1-2,8,11H2,(H,19,21). The van der Waals surface area contributed by atoms with Gasteiger partial charge in [-0.2, -0.15) is 0 Å². The number of nitrogens with one attached hydrogen (secondary N) is 1.